The van der Waals surface area contributed by atoms with Gasteiger partial charge in [0.15, 0.2) is 0 Å². The van der Waals surface area contributed by atoms with Gasteiger partial charge in [-0.25, -0.2) is 0 Å². The van der Waals surface area contributed by atoms with Crippen LogP contribution in [0.2, 0.25) is 0 Å². The van der Waals surface area contributed by atoms with Crippen molar-refractivity contribution in [3.8, 4) is 0 Å². The van der Waals surface area contributed by atoms with Gasteiger partial charge in [-0.15, -0.1) is 0 Å². The monoisotopic (exact) mass is 205 g/mol. The molecule has 1 fully saturated rings. The van der Waals surface area contributed by atoms with Crippen LogP contribution in [0.3, 0.4) is 0 Å². The predicted octanol–water partition coefficient (Wildman–Crippen LogP) is 2.57. The number of hydrogen-bond acceptors (Lipinski definition) is 2. The van der Waals surface area contributed by atoms with Crippen molar-refractivity contribution in [1.29, 1.82) is 0 Å². The van der Waals surface area contributed by atoms with E-state index >= 15 is 0 Å². The molecule has 0 bridgehead atoms. The lowest BCUT2D eigenvalue weighted by Gasteiger charge is -2.25. The average molecular weight is 205 g/mol. The molecule has 1 unspecified atom stereocenters. The van der Waals surface area contributed by atoms with Crippen LogP contribution in [-0.2, 0) is 6.42 Å². The molecule has 2 nitrogen and oxygen atoms in total. The molecule has 2 heteroatoms. The largest absolute Gasteiger partial charge is 0.390 e. The summed E-state index contributed by atoms with van der Waals surface area (Å²) in [7, 11) is 0. The maximum Gasteiger partial charge on any atom is 0.0693 e. The quantitative estimate of drug-likeness (QED) is 0.805. The van der Waals surface area contributed by atoms with Crippen molar-refractivity contribution < 1.29 is 5.11 Å². The normalized spacial score (nSPS) is 29.3. The number of hydrogen-bond donors (Lipinski definition) is 1. The summed E-state index contributed by atoms with van der Waals surface area (Å²) in [6.45, 7) is 4.46. The van der Waals surface area contributed by atoms with Crippen LogP contribution in [0.25, 0.3) is 0 Å². The highest BCUT2D eigenvalue weighted by atomic mass is 16.3. The fourth-order valence-electron chi connectivity index (χ4n) is 2.67. The summed E-state index contributed by atoms with van der Waals surface area (Å²) in [6, 6.07) is 3.97. The second-order valence-corrected chi connectivity index (χ2v) is 5.60. The molecule has 1 aliphatic carbocycles. The highest BCUT2D eigenvalue weighted by Gasteiger charge is 2.41. The molecule has 1 aliphatic rings. The Morgan fingerprint density at radius 1 is 1.40 bits per heavy atom. The molecule has 0 radical (unpaired) electrons. The topological polar surface area (TPSA) is 33.1 Å². The van der Waals surface area contributed by atoms with Gasteiger partial charge in [-0.2, -0.15) is 0 Å². The minimum absolute atomic E-state index is 0.289. The summed E-state index contributed by atoms with van der Waals surface area (Å²) in [5.41, 5.74) is 0.918. The van der Waals surface area contributed by atoms with Gasteiger partial charge in [-0.3, -0.25) is 4.98 Å². The highest BCUT2D eigenvalue weighted by Crippen LogP contribution is 2.44. The lowest BCUT2D eigenvalue weighted by atomic mass is 9.87. The molecule has 0 aromatic carbocycles. The Hall–Kier alpha value is -0.890. The van der Waals surface area contributed by atoms with E-state index in [2.05, 4.69) is 18.8 Å². The molecule has 1 N–H and O–H groups in total. The summed E-state index contributed by atoms with van der Waals surface area (Å²) >= 11 is 0. The van der Waals surface area contributed by atoms with Gasteiger partial charge in [-0.1, -0.05) is 19.9 Å². The van der Waals surface area contributed by atoms with E-state index in [4.69, 9.17) is 0 Å². The summed E-state index contributed by atoms with van der Waals surface area (Å²) in [4.78, 5) is 4.08. The van der Waals surface area contributed by atoms with Crippen molar-refractivity contribution in [3.63, 3.8) is 0 Å². The van der Waals surface area contributed by atoms with E-state index in [9.17, 15) is 5.11 Å². The molecule has 1 aromatic rings. The molecule has 1 atom stereocenters. The van der Waals surface area contributed by atoms with Crippen molar-refractivity contribution >= 4 is 0 Å². The van der Waals surface area contributed by atoms with E-state index in [1.807, 2.05) is 18.3 Å². The Morgan fingerprint density at radius 3 is 2.73 bits per heavy atom. The summed E-state index contributed by atoms with van der Waals surface area (Å²) in [5.74, 6) is 0. The van der Waals surface area contributed by atoms with Crippen molar-refractivity contribution in [1.82, 2.24) is 4.98 Å². The molecule has 1 heterocycles. The van der Waals surface area contributed by atoms with Crippen LogP contribution >= 0.6 is 0 Å². The van der Waals surface area contributed by atoms with Crippen LogP contribution in [0, 0.1) is 5.41 Å². The van der Waals surface area contributed by atoms with Crippen LogP contribution in [0.4, 0.5) is 0 Å². The number of aromatic nitrogens is 1. The van der Waals surface area contributed by atoms with E-state index in [1.165, 1.54) is 0 Å². The van der Waals surface area contributed by atoms with Gasteiger partial charge in [-0.05, 0) is 36.3 Å². The molecule has 1 aromatic heterocycles. The molecule has 2 rings (SSSR count). The van der Waals surface area contributed by atoms with Gasteiger partial charge < -0.3 is 5.11 Å². The number of rotatable bonds is 2. The van der Waals surface area contributed by atoms with Gasteiger partial charge >= 0.3 is 0 Å². The highest BCUT2D eigenvalue weighted by molar-refractivity contribution is 5.13. The third kappa shape index (κ3) is 2.57. The lowest BCUT2D eigenvalue weighted by molar-refractivity contribution is 0.0378. The smallest absolute Gasteiger partial charge is 0.0693 e. The Balaban J connectivity index is 2.07. The van der Waals surface area contributed by atoms with Gasteiger partial charge in [0.05, 0.1) is 5.60 Å². The molecule has 0 spiro atoms. The fourth-order valence-corrected chi connectivity index (χ4v) is 2.67. The molecule has 0 saturated heterocycles. The van der Waals surface area contributed by atoms with Gasteiger partial charge in [0.2, 0.25) is 0 Å². The summed E-state index contributed by atoms with van der Waals surface area (Å²) < 4.78 is 0. The van der Waals surface area contributed by atoms with E-state index in [1.54, 1.807) is 6.20 Å². The zero-order valence-corrected chi connectivity index (χ0v) is 9.53. The van der Waals surface area contributed by atoms with Crippen LogP contribution < -0.4 is 0 Å². The van der Waals surface area contributed by atoms with Gasteiger partial charge in [0, 0.05) is 18.8 Å². The van der Waals surface area contributed by atoms with Crippen molar-refractivity contribution in [2.24, 2.45) is 5.41 Å². The van der Waals surface area contributed by atoms with Crippen molar-refractivity contribution in [3.05, 3.63) is 30.1 Å². The SMILES string of the molecule is CC1(C)CCC(O)(Cc2cccnc2)C1. The summed E-state index contributed by atoms with van der Waals surface area (Å²) in [5, 5.41) is 10.5. The van der Waals surface area contributed by atoms with E-state index < -0.39 is 5.60 Å². The Labute approximate surface area is 91.4 Å². The Kier molecular flexibility index (Phi) is 2.55. The molecular formula is C13H19NO. The molecule has 15 heavy (non-hydrogen) atoms. The molecular weight excluding hydrogens is 186 g/mol. The molecule has 1 saturated carbocycles. The second kappa shape index (κ2) is 3.60. The van der Waals surface area contributed by atoms with E-state index in [0.29, 0.717) is 0 Å². The van der Waals surface area contributed by atoms with Gasteiger partial charge in [0.25, 0.3) is 0 Å². The van der Waals surface area contributed by atoms with Crippen molar-refractivity contribution in [2.75, 3.05) is 0 Å². The van der Waals surface area contributed by atoms with Crippen molar-refractivity contribution in [2.45, 2.75) is 45.1 Å². The Bertz CT molecular complexity index is 334. The van der Waals surface area contributed by atoms with Gasteiger partial charge in [0.1, 0.15) is 0 Å². The minimum Gasteiger partial charge on any atom is -0.390 e. The molecule has 0 aliphatic heterocycles. The maximum absolute atomic E-state index is 10.5. The fraction of sp³-hybridized carbons (Fsp3) is 0.615. The first kappa shape index (κ1) is 10.6. The van der Waals surface area contributed by atoms with Crippen LogP contribution in [-0.4, -0.2) is 15.7 Å². The van der Waals surface area contributed by atoms with E-state index in [0.717, 1.165) is 31.2 Å². The molecule has 82 valence electrons. The third-order valence-corrected chi connectivity index (χ3v) is 3.33. The standard InChI is InChI=1S/C13H19NO/c1-12(2)5-6-13(15,10-12)8-11-4-3-7-14-9-11/h3-4,7,9,15H,5-6,8,10H2,1-2H3. The minimum atomic E-state index is -0.507. The van der Waals surface area contributed by atoms with Crippen LogP contribution in [0.5, 0.6) is 0 Å². The zero-order chi connectivity index (χ0) is 10.9. The van der Waals surface area contributed by atoms with Crippen LogP contribution in [0.1, 0.15) is 38.7 Å². The summed E-state index contributed by atoms with van der Waals surface area (Å²) in [6.07, 6.45) is 7.28. The number of aliphatic hydroxyl groups is 1. The number of pyridine rings is 1. The second-order valence-electron chi connectivity index (χ2n) is 5.60. The third-order valence-electron chi connectivity index (χ3n) is 3.33. The first-order valence-corrected chi connectivity index (χ1v) is 5.61. The average Bonchev–Trinajstić information content (AvgIpc) is 2.42. The Morgan fingerprint density at radius 2 is 2.20 bits per heavy atom. The lowest BCUT2D eigenvalue weighted by Crippen LogP contribution is -2.29. The van der Waals surface area contributed by atoms with Crippen LogP contribution in [0.15, 0.2) is 24.5 Å². The first-order chi connectivity index (χ1) is 6.99. The van der Waals surface area contributed by atoms with E-state index in [-0.39, 0.29) is 5.41 Å². The maximum atomic E-state index is 10.5. The first-order valence-electron chi connectivity index (χ1n) is 5.61. The number of nitrogens with zero attached hydrogens (tertiary/aromatic N) is 1. The predicted molar refractivity (Wildman–Crippen MR) is 60.5 cm³/mol. The molecule has 0 amide bonds. The zero-order valence-electron chi connectivity index (χ0n) is 9.53.